The van der Waals surface area contributed by atoms with Crippen LogP contribution in [0.25, 0.3) is 0 Å². The van der Waals surface area contributed by atoms with E-state index in [2.05, 4.69) is 5.10 Å². The highest BCUT2D eigenvalue weighted by molar-refractivity contribution is 5.28. The molecule has 5 nitrogen and oxygen atoms in total. The first-order chi connectivity index (χ1) is 9.19. The van der Waals surface area contributed by atoms with E-state index < -0.39 is 12.2 Å². The third kappa shape index (κ3) is 2.92. The molecule has 19 heavy (non-hydrogen) atoms. The Balaban J connectivity index is 2.17. The first kappa shape index (κ1) is 14.3. The lowest BCUT2D eigenvalue weighted by molar-refractivity contribution is -0.0334. The number of aliphatic hydroxyl groups excluding tert-OH is 2. The molecule has 1 fully saturated rings. The van der Waals surface area contributed by atoms with Gasteiger partial charge in [0.05, 0.1) is 19.4 Å². The summed E-state index contributed by atoms with van der Waals surface area (Å²) in [6, 6.07) is 0. The minimum Gasteiger partial charge on any atom is -0.493 e. The Morgan fingerprint density at radius 3 is 2.63 bits per heavy atom. The molecule has 0 spiro atoms. The predicted molar refractivity (Wildman–Crippen MR) is 72.0 cm³/mol. The number of nitrogens with zero attached hydrogens (tertiary/aromatic N) is 2. The minimum absolute atomic E-state index is 0.175. The van der Waals surface area contributed by atoms with Crippen molar-refractivity contribution in [2.45, 2.75) is 57.8 Å². The third-order valence-electron chi connectivity index (χ3n) is 4.10. The Morgan fingerprint density at radius 1 is 1.37 bits per heavy atom. The summed E-state index contributed by atoms with van der Waals surface area (Å²) in [6.07, 6.45) is 5.40. The van der Waals surface area contributed by atoms with Gasteiger partial charge in [0.15, 0.2) is 5.75 Å². The molecule has 0 bridgehead atoms. The summed E-state index contributed by atoms with van der Waals surface area (Å²) < 4.78 is 6.92. The predicted octanol–water partition coefficient (Wildman–Crippen LogP) is 1.89. The number of aromatic nitrogens is 2. The van der Waals surface area contributed by atoms with E-state index in [0.717, 1.165) is 25.7 Å². The molecule has 0 aliphatic heterocycles. The van der Waals surface area contributed by atoms with Crippen LogP contribution in [0.3, 0.4) is 0 Å². The van der Waals surface area contributed by atoms with E-state index in [4.69, 9.17) is 4.74 Å². The van der Waals surface area contributed by atoms with Crippen molar-refractivity contribution in [3.8, 4) is 5.75 Å². The molecule has 1 aromatic rings. The number of aliphatic hydroxyl groups is 2. The van der Waals surface area contributed by atoms with Gasteiger partial charge in [0.2, 0.25) is 0 Å². The number of rotatable bonds is 5. The molecule has 2 rings (SSSR count). The van der Waals surface area contributed by atoms with Gasteiger partial charge in [0, 0.05) is 6.54 Å². The van der Waals surface area contributed by atoms with Crippen molar-refractivity contribution in [2.75, 3.05) is 7.11 Å². The summed E-state index contributed by atoms with van der Waals surface area (Å²) in [5.74, 6) is 0.720. The highest BCUT2D eigenvalue weighted by Gasteiger charge is 2.32. The second-order valence-corrected chi connectivity index (χ2v) is 5.25. The molecule has 2 unspecified atom stereocenters. The van der Waals surface area contributed by atoms with Crippen LogP contribution < -0.4 is 4.74 Å². The summed E-state index contributed by atoms with van der Waals surface area (Å²) in [5.41, 5.74) is 0.586. The third-order valence-corrected chi connectivity index (χ3v) is 4.10. The Labute approximate surface area is 114 Å². The van der Waals surface area contributed by atoms with Gasteiger partial charge < -0.3 is 14.9 Å². The van der Waals surface area contributed by atoms with Crippen molar-refractivity contribution >= 4 is 0 Å². The van der Waals surface area contributed by atoms with Gasteiger partial charge in [0.1, 0.15) is 11.8 Å². The van der Waals surface area contributed by atoms with Crippen LogP contribution in [0.2, 0.25) is 0 Å². The lowest BCUT2D eigenvalue weighted by atomic mass is 9.82. The standard InChI is InChI=1S/C14H24N2O3/c1-3-16-12(11(19-2)9-15-16)14(18)13(17)10-7-5-4-6-8-10/h9-10,13-14,17-18H,3-8H2,1-2H3. The number of ether oxygens (including phenoxy) is 1. The van der Waals surface area contributed by atoms with Crippen molar-refractivity contribution in [1.29, 1.82) is 0 Å². The van der Waals surface area contributed by atoms with Crippen molar-refractivity contribution in [1.82, 2.24) is 9.78 Å². The van der Waals surface area contributed by atoms with Gasteiger partial charge >= 0.3 is 0 Å². The van der Waals surface area contributed by atoms with Crippen LogP contribution in [0.5, 0.6) is 5.75 Å². The normalized spacial score (nSPS) is 20.2. The lowest BCUT2D eigenvalue weighted by Gasteiger charge is -2.30. The molecule has 1 aliphatic rings. The van der Waals surface area contributed by atoms with E-state index in [9.17, 15) is 10.2 Å². The smallest absolute Gasteiger partial charge is 0.162 e. The average Bonchev–Trinajstić information content (AvgIpc) is 2.89. The summed E-state index contributed by atoms with van der Waals surface area (Å²) in [4.78, 5) is 0. The summed E-state index contributed by atoms with van der Waals surface area (Å²) in [6.45, 7) is 2.60. The van der Waals surface area contributed by atoms with Gasteiger partial charge in [-0.15, -0.1) is 0 Å². The van der Waals surface area contributed by atoms with Crippen molar-refractivity contribution in [3.63, 3.8) is 0 Å². The lowest BCUT2D eigenvalue weighted by Crippen LogP contribution is -2.31. The summed E-state index contributed by atoms with van der Waals surface area (Å²) in [5, 5.41) is 25.0. The zero-order valence-electron chi connectivity index (χ0n) is 11.7. The van der Waals surface area contributed by atoms with Gasteiger partial charge in [-0.25, -0.2) is 0 Å². The summed E-state index contributed by atoms with van der Waals surface area (Å²) in [7, 11) is 1.56. The SMILES string of the molecule is CCn1ncc(OC)c1C(O)C(O)C1CCCCC1. The van der Waals surface area contributed by atoms with Crippen molar-refractivity contribution in [2.24, 2.45) is 5.92 Å². The molecule has 0 amide bonds. The van der Waals surface area contributed by atoms with Crippen LogP contribution in [-0.4, -0.2) is 33.2 Å². The Hall–Kier alpha value is -1.07. The fourth-order valence-electron chi connectivity index (χ4n) is 2.98. The van der Waals surface area contributed by atoms with Gasteiger partial charge in [-0.3, -0.25) is 4.68 Å². The molecule has 5 heteroatoms. The molecule has 1 aliphatic carbocycles. The Kier molecular flexibility index (Phi) is 4.82. The van der Waals surface area contributed by atoms with E-state index in [1.165, 1.54) is 6.42 Å². The zero-order chi connectivity index (χ0) is 13.8. The van der Waals surface area contributed by atoms with Gasteiger partial charge in [-0.05, 0) is 25.7 Å². The number of hydrogen-bond donors (Lipinski definition) is 2. The second kappa shape index (κ2) is 6.39. The molecule has 0 saturated heterocycles. The molecule has 2 N–H and O–H groups in total. The monoisotopic (exact) mass is 268 g/mol. The van der Waals surface area contributed by atoms with Crippen LogP contribution in [0.4, 0.5) is 0 Å². The van der Waals surface area contributed by atoms with Crippen LogP contribution in [0, 0.1) is 5.92 Å². The molecular weight excluding hydrogens is 244 g/mol. The fourth-order valence-corrected chi connectivity index (χ4v) is 2.98. The van der Waals surface area contributed by atoms with Gasteiger partial charge in [-0.1, -0.05) is 19.3 Å². The highest BCUT2D eigenvalue weighted by Crippen LogP contribution is 2.35. The minimum atomic E-state index is -0.930. The molecule has 0 radical (unpaired) electrons. The molecule has 1 aromatic heterocycles. The van der Waals surface area contributed by atoms with Crippen molar-refractivity contribution < 1.29 is 14.9 Å². The topological polar surface area (TPSA) is 67.5 Å². The largest absolute Gasteiger partial charge is 0.493 e. The Bertz CT molecular complexity index is 378. The van der Waals surface area contributed by atoms with E-state index in [1.54, 1.807) is 18.0 Å². The van der Waals surface area contributed by atoms with E-state index >= 15 is 0 Å². The summed E-state index contributed by atoms with van der Waals surface area (Å²) >= 11 is 0. The average molecular weight is 268 g/mol. The van der Waals surface area contributed by atoms with Crippen LogP contribution in [0.1, 0.15) is 50.8 Å². The molecular formula is C14H24N2O3. The van der Waals surface area contributed by atoms with Gasteiger partial charge in [0.25, 0.3) is 0 Å². The van der Waals surface area contributed by atoms with Crippen LogP contribution in [0.15, 0.2) is 6.20 Å². The molecule has 2 atom stereocenters. The first-order valence-electron chi connectivity index (χ1n) is 7.14. The Morgan fingerprint density at radius 2 is 2.05 bits per heavy atom. The zero-order valence-corrected chi connectivity index (χ0v) is 11.7. The second-order valence-electron chi connectivity index (χ2n) is 5.25. The van der Waals surface area contributed by atoms with E-state index in [-0.39, 0.29) is 5.92 Å². The maximum atomic E-state index is 10.5. The van der Waals surface area contributed by atoms with E-state index in [1.807, 2.05) is 6.92 Å². The molecule has 1 saturated carbocycles. The molecule has 1 heterocycles. The van der Waals surface area contributed by atoms with E-state index in [0.29, 0.717) is 18.0 Å². The maximum absolute atomic E-state index is 10.5. The molecule has 108 valence electrons. The number of aryl methyl sites for hydroxylation is 1. The fraction of sp³-hybridized carbons (Fsp3) is 0.786. The number of methoxy groups -OCH3 is 1. The quantitative estimate of drug-likeness (QED) is 0.855. The first-order valence-corrected chi connectivity index (χ1v) is 7.14. The van der Waals surface area contributed by atoms with Gasteiger partial charge in [-0.2, -0.15) is 5.10 Å². The van der Waals surface area contributed by atoms with Crippen LogP contribution >= 0.6 is 0 Å². The maximum Gasteiger partial charge on any atom is 0.162 e. The van der Waals surface area contributed by atoms with Crippen LogP contribution in [-0.2, 0) is 6.54 Å². The van der Waals surface area contributed by atoms with Crippen molar-refractivity contribution in [3.05, 3.63) is 11.9 Å². The molecule has 0 aromatic carbocycles. The highest BCUT2D eigenvalue weighted by atomic mass is 16.5. The number of hydrogen-bond acceptors (Lipinski definition) is 4.